The molecular weight excluding hydrogens is 301 g/mol. The number of carboxylic acids is 1. The molecule has 21 heavy (non-hydrogen) atoms. The van der Waals surface area contributed by atoms with Gasteiger partial charge in [-0.2, -0.15) is 13.2 Å². The van der Waals surface area contributed by atoms with Crippen LogP contribution in [0, 0.1) is 0 Å². The molecule has 0 aliphatic carbocycles. The van der Waals surface area contributed by atoms with E-state index in [1.807, 2.05) is 0 Å². The number of hydrogen-bond donors (Lipinski definition) is 0. The number of hydrogen-bond acceptors (Lipinski definition) is 3. The van der Waals surface area contributed by atoms with Gasteiger partial charge in [-0.3, -0.25) is 0 Å². The second-order valence-corrected chi connectivity index (χ2v) is 5.40. The molecule has 0 saturated carbocycles. The summed E-state index contributed by atoms with van der Waals surface area (Å²) in [6.45, 7) is 0. The minimum absolute atomic E-state index is 0.276. The van der Waals surface area contributed by atoms with Crippen molar-refractivity contribution < 1.29 is 23.1 Å². The third-order valence-electron chi connectivity index (χ3n) is 2.70. The van der Waals surface area contributed by atoms with Crippen molar-refractivity contribution in [3.63, 3.8) is 0 Å². The Bertz CT molecular complexity index is 653. The fourth-order valence-corrected chi connectivity index (χ4v) is 2.77. The minimum Gasteiger partial charge on any atom is -0.550 e. The van der Waals surface area contributed by atoms with E-state index in [1.165, 1.54) is 6.07 Å². The summed E-state index contributed by atoms with van der Waals surface area (Å²) in [5.74, 6) is -1.23. The van der Waals surface area contributed by atoms with Gasteiger partial charge in [0.05, 0.1) is 5.56 Å². The maximum atomic E-state index is 12.7. The first-order valence-electron chi connectivity index (χ1n) is 5.99. The van der Waals surface area contributed by atoms with Gasteiger partial charge in [0.2, 0.25) is 0 Å². The Labute approximate surface area is 123 Å². The number of halogens is 3. The van der Waals surface area contributed by atoms with E-state index in [1.54, 1.807) is 30.3 Å². The molecule has 0 aliphatic rings. The number of carbonyl (C=O) groups excluding carboxylic acids is 1. The Morgan fingerprint density at radius 1 is 1.10 bits per heavy atom. The van der Waals surface area contributed by atoms with Crippen LogP contribution < -0.4 is 5.11 Å². The van der Waals surface area contributed by atoms with Gasteiger partial charge >= 0.3 is 6.18 Å². The van der Waals surface area contributed by atoms with Gasteiger partial charge in [0.25, 0.3) is 0 Å². The molecule has 0 aliphatic heterocycles. The highest BCUT2D eigenvalue weighted by molar-refractivity contribution is 7.99. The van der Waals surface area contributed by atoms with Gasteiger partial charge in [-0.05, 0) is 29.8 Å². The Hall–Kier alpha value is -1.95. The summed E-state index contributed by atoms with van der Waals surface area (Å²) in [5.41, 5.74) is -0.218. The zero-order valence-electron chi connectivity index (χ0n) is 10.7. The monoisotopic (exact) mass is 311 g/mol. The molecule has 2 aromatic carbocycles. The van der Waals surface area contributed by atoms with Crippen molar-refractivity contribution in [2.75, 3.05) is 0 Å². The van der Waals surface area contributed by atoms with E-state index in [4.69, 9.17) is 0 Å². The largest absolute Gasteiger partial charge is 0.550 e. The van der Waals surface area contributed by atoms with E-state index >= 15 is 0 Å². The Morgan fingerprint density at radius 3 is 2.48 bits per heavy atom. The van der Waals surface area contributed by atoms with E-state index in [9.17, 15) is 23.1 Å². The van der Waals surface area contributed by atoms with Crippen molar-refractivity contribution in [3.8, 4) is 0 Å². The highest BCUT2D eigenvalue weighted by Gasteiger charge is 2.30. The normalized spacial score (nSPS) is 11.4. The molecule has 6 heteroatoms. The number of alkyl halides is 3. The van der Waals surface area contributed by atoms with Crippen LogP contribution in [0.3, 0.4) is 0 Å². The molecule has 0 bridgehead atoms. The molecule has 2 nitrogen and oxygen atoms in total. The maximum absolute atomic E-state index is 12.7. The van der Waals surface area contributed by atoms with Crippen LogP contribution in [0.5, 0.6) is 0 Å². The first-order chi connectivity index (χ1) is 9.86. The van der Waals surface area contributed by atoms with Crippen LogP contribution in [0.25, 0.3) is 0 Å². The third-order valence-corrected chi connectivity index (χ3v) is 3.80. The predicted molar refractivity (Wildman–Crippen MR) is 70.7 cm³/mol. The van der Waals surface area contributed by atoms with Crippen molar-refractivity contribution >= 4 is 17.7 Å². The molecule has 0 heterocycles. The fourth-order valence-electron chi connectivity index (χ4n) is 1.77. The number of carboxylic acid groups (broad SMARTS) is 1. The van der Waals surface area contributed by atoms with E-state index < -0.39 is 17.7 Å². The predicted octanol–water partition coefficient (Wildman–Crippen LogP) is 3.15. The number of rotatable bonds is 4. The quantitative estimate of drug-likeness (QED) is 0.871. The SMILES string of the molecule is O=C([O-])Cc1ccccc1Sc1cccc(C(F)(F)F)c1. The second kappa shape index (κ2) is 6.22. The van der Waals surface area contributed by atoms with E-state index in [-0.39, 0.29) is 6.42 Å². The zero-order valence-corrected chi connectivity index (χ0v) is 11.5. The maximum Gasteiger partial charge on any atom is 0.416 e. The smallest absolute Gasteiger partial charge is 0.416 e. The molecule has 0 unspecified atom stereocenters. The molecule has 0 atom stereocenters. The lowest BCUT2D eigenvalue weighted by atomic mass is 10.1. The molecule has 0 aromatic heterocycles. The van der Waals surface area contributed by atoms with E-state index in [2.05, 4.69) is 0 Å². The molecule has 0 saturated heterocycles. The Balaban J connectivity index is 2.28. The third kappa shape index (κ3) is 4.26. The first-order valence-corrected chi connectivity index (χ1v) is 6.81. The van der Waals surface area contributed by atoms with Crippen LogP contribution in [0.1, 0.15) is 11.1 Å². The van der Waals surface area contributed by atoms with Gasteiger partial charge in [-0.25, -0.2) is 0 Å². The lowest BCUT2D eigenvalue weighted by Gasteiger charge is -2.11. The van der Waals surface area contributed by atoms with E-state index in [0.717, 1.165) is 23.9 Å². The van der Waals surface area contributed by atoms with Crippen molar-refractivity contribution in [2.24, 2.45) is 0 Å². The van der Waals surface area contributed by atoms with Crippen LogP contribution in [0.2, 0.25) is 0 Å². The summed E-state index contributed by atoms with van der Waals surface area (Å²) in [6, 6.07) is 11.6. The van der Waals surface area contributed by atoms with Crippen LogP contribution in [0.4, 0.5) is 13.2 Å². The average Bonchev–Trinajstić information content (AvgIpc) is 2.40. The van der Waals surface area contributed by atoms with Gasteiger partial charge in [0, 0.05) is 22.2 Å². The lowest BCUT2D eigenvalue weighted by Crippen LogP contribution is -2.24. The standard InChI is InChI=1S/C15H11F3O2S/c16-15(17,18)11-5-3-6-12(9-11)21-13-7-2-1-4-10(13)8-14(19)20/h1-7,9H,8H2,(H,19,20)/p-1. The topological polar surface area (TPSA) is 40.1 Å². The fraction of sp³-hybridized carbons (Fsp3) is 0.133. The summed E-state index contributed by atoms with van der Waals surface area (Å²) in [7, 11) is 0. The van der Waals surface area contributed by atoms with Crippen LogP contribution in [-0.2, 0) is 17.4 Å². The van der Waals surface area contributed by atoms with Gasteiger partial charge in [0.15, 0.2) is 0 Å². The molecule has 0 radical (unpaired) electrons. The number of aliphatic carboxylic acids is 1. The van der Waals surface area contributed by atoms with Crippen LogP contribution >= 0.6 is 11.8 Å². The Kier molecular flexibility index (Phi) is 4.57. The van der Waals surface area contributed by atoms with Crippen LogP contribution in [-0.4, -0.2) is 5.97 Å². The second-order valence-electron chi connectivity index (χ2n) is 4.28. The van der Waals surface area contributed by atoms with Gasteiger partial charge in [-0.15, -0.1) is 0 Å². The summed E-state index contributed by atoms with van der Waals surface area (Å²) in [5, 5.41) is 10.7. The highest BCUT2D eigenvalue weighted by Crippen LogP contribution is 2.35. The lowest BCUT2D eigenvalue weighted by molar-refractivity contribution is -0.304. The molecule has 2 aromatic rings. The van der Waals surface area contributed by atoms with Gasteiger partial charge < -0.3 is 9.90 Å². The van der Waals surface area contributed by atoms with Crippen LogP contribution in [0.15, 0.2) is 58.3 Å². The van der Waals surface area contributed by atoms with Gasteiger partial charge in [0.1, 0.15) is 0 Å². The molecule has 0 amide bonds. The van der Waals surface area contributed by atoms with Crippen molar-refractivity contribution in [1.82, 2.24) is 0 Å². The minimum atomic E-state index is -4.40. The number of benzene rings is 2. The van der Waals surface area contributed by atoms with Crippen molar-refractivity contribution in [3.05, 3.63) is 59.7 Å². The Morgan fingerprint density at radius 2 is 1.81 bits per heavy atom. The molecule has 110 valence electrons. The average molecular weight is 311 g/mol. The molecule has 2 rings (SSSR count). The summed E-state index contributed by atoms with van der Waals surface area (Å²) in [6.07, 6.45) is -4.68. The first kappa shape index (κ1) is 15.4. The summed E-state index contributed by atoms with van der Waals surface area (Å²) in [4.78, 5) is 11.7. The molecule has 0 fully saturated rings. The van der Waals surface area contributed by atoms with Crippen molar-refractivity contribution in [1.29, 1.82) is 0 Å². The number of carbonyl (C=O) groups is 1. The summed E-state index contributed by atoms with van der Waals surface area (Å²) < 4.78 is 38.0. The van der Waals surface area contributed by atoms with Gasteiger partial charge in [-0.1, -0.05) is 36.0 Å². The molecule has 0 spiro atoms. The highest BCUT2D eigenvalue weighted by atomic mass is 32.2. The molecular formula is C15H10F3O2S-. The zero-order chi connectivity index (χ0) is 15.5. The summed E-state index contributed by atoms with van der Waals surface area (Å²) >= 11 is 1.10. The van der Waals surface area contributed by atoms with Crippen molar-refractivity contribution in [2.45, 2.75) is 22.4 Å². The van der Waals surface area contributed by atoms with E-state index in [0.29, 0.717) is 15.4 Å². The molecule has 0 N–H and O–H groups in total.